The largest absolute Gasteiger partial charge is 0.481 e. The number of carboxylic acid groups (broad SMARTS) is 1. The molecule has 0 bridgehead atoms. The van der Waals surface area contributed by atoms with Gasteiger partial charge in [0.2, 0.25) is 0 Å². The summed E-state index contributed by atoms with van der Waals surface area (Å²) in [5.74, 6) is -1.29. The van der Waals surface area contributed by atoms with E-state index in [0.29, 0.717) is 22.9 Å². The number of carboxylic acids is 1. The van der Waals surface area contributed by atoms with Gasteiger partial charge in [-0.1, -0.05) is 18.2 Å². The van der Waals surface area contributed by atoms with Crippen molar-refractivity contribution in [2.24, 2.45) is 12.5 Å². The summed E-state index contributed by atoms with van der Waals surface area (Å²) in [4.78, 5) is 35.4. The van der Waals surface area contributed by atoms with Crippen molar-refractivity contribution in [1.29, 1.82) is 0 Å². The van der Waals surface area contributed by atoms with Gasteiger partial charge in [0.1, 0.15) is 0 Å². The highest BCUT2D eigenvalue weighted by Gasteiger charge is 2.26. The lowest BCUT2D eigenvalue weighted by Crippen LogP contribution is -2.32. The summed E-state index contributed by atoms with van der Waals surface area (Å²) in [6.07, 6.45) is 0.302. The fraction of sp³-hybridized carbons (Fsp3) is 0.353. The highest BCUT2D eigenvalue weighted by molar-refractivity contribution is 6.06. The minimum Gasteiger partial charge on any atom is -0.481 e. The fourth-order valence-corrected chi connectivity index (χ4v) is 2.29. The topological polar surface area (TPSA) is 88.4 Å². The Kier molecular flexibility index (Phi) is 4.54. The van der Waals surface area contributed by atoms with Crippen LogP contribution in [0.2, 0.25) is 0 Å². The van der Waals surface area contributed by atoms with Crippen LogP contribution in [0.3, 0.4) is 0 Å². The van der Waals surface area contributed by atoms with E-state index >= 15 is 0 Å². The van der Waals surface area contributed by atoms with Crippen LogP contribution in [0.4, 0.5) is 0 Å². The number of fused-ring (bicyclic) bond motifs is 1. The molecule has 0 atom stereocenters. The van der Waals surface area contributed by atoms with Crippen LogP contribution in [-0.2, 0) is 11.8 Å². The first-order valence-corrected chi connectivity index (χ1v) is 7.34. The Labute approximate surface area is 133 Å². The van der Waals surface area contributed by atoms with E-state index in [1.165, 1.54) is 10.6 Å². The molecule has 1 aromatic carbocycles. The van der Waals surface area contributed by atoms with E-state index in [2.05, 4.69) is 5.32 Å². The molecule has 1 amide bonds. The van der Waals surface area contributed by atoms with Crippen LogP contribution in [0.15, 0.2) is 35.1 Å². The standard InChI is InChI=1S/C17H20N2O4/c1-17(2,16(22)23)8-9-18-15(21)12-10-14(20)19(3)13-7-5-4-6-11(12)13/h4-7,10H,8-9H2,1-3H3,(H,18,21)(H,22,23). The monoisotopic (exact) mass is 316 g/mol. The van der Waals surface area contributed by atoms with E-state index < -0.39 is 11.4 Å². The molecule has 122 valence electrons. The number of rotatable bonds is 5. The van der Waals surface area contributed by atoms with Crippen molar-refractivity contribution in [3.63, 3.8) is 0 Å². The summed E-state index contributed by atoms with van der Waals surface area (Å²) in [5.41, 5.74) is -0.199. The third-order valence-corrected chi connectivity index (χ3v) is 4.01. The Hall–Kier alpha value is -2.63. The number of amides is 1. The first kappa shape index (κ1) is 16.7. The minimum absolute atomic E-state index is 0.224. The molecule has 1 aromatic heterocycles. The van der Waals surface area contributed by atoms with Gasteiger partial charge in [-0.2, -0.15) is 0 Å². The van der Waals surface area contributed by atoms with Gasteiger partial charge in [-0.05, 0) is 26.3 Å². The number of carbonyl (C=O) groups is 2. The number of carbonyl (C=O) groups excluding carboxylic acids is 1. The van der Waals surface area contributed by atoms with E-state index in [-0.39, 0.29) is 18.0 Å². The van der Waals surface area contributed by atoms with Crippen molar-refractivity contribution in [3.8, 4) is 0 Å². The van der Waals surface area contributed by atoms with E-state index in [4.69, 9.17) is 5.11 Å². The molecule has 0 radical (unpaired) electrons. The smallest absolute Gasteiger partial charge is 0.309 e. The van der Waals surface area contributed by atoms with Gasteiger partial charge in [0.15, 0.2) is 0 Å². The minimum atomic E-state index is -0.915. The number of aromatic nitrogens is 1. The molecule has 6 heteroatoms. The Balaban J connectivity index is 2.24. The van der Waals surface area contributed by atoms with Gasteiger partial charge in [-0.15, -0.1) is 0 Å². The van der Waals surface area contributed by atoms with Crippen molar-refractivity contribution >= 4 is 22.8 Å². The number of aryl methyl sites for hydroxylation is 1. The SMILES string of the molecule is Cn1c(=O)cc(C(=O)NCCC(C)(C)C(=O)O)c2ccccc21. The Morgan fingerprint density at radius 3 is 2.57 bits per heavy atom. The van der Waals surface area contributed by atoms with Gasteiger partial charge < -0.3 is 15.0 Å². The van der Waals surface area contributed by atoms with Crippen LogP contribution in [-0.4, -0.2) is 28.1 Å². The molecule has 0 fully saturated rings. The molecule has 1 heterocycles. The first-order valence-electron chi connectivity index (χ1n) is 7.34. The number of aliphatic carboxylic acids is 1. The molecule has 0 saturated carbocycles. The zero-order valence-corrected chi connectivity index (χ0v) is 13.4. The molecule has 23 heavy (non-hydrogen) atoms. The molecule has 0 aliphatic rings. The van der Waals surface area contributed by atoms with E-state index in [1.807, 2.05) is 0 Å². The van der Waals surface area contributed by atoms with Crippen molar-refractivity contribution in [1.82, 2.24) is 9.88 Å². The Morgan fingerprint density at radius 1 is 1.26 bits per heavy atom. The lowest BCUT2D eigenvalue weighted by molar-refractivity contribution is -0.147. The molecular formula is C17H20N2O4. The molecule has 0 unspecified atom stereocenters. The maximum absolute atomic E-state index is 12.4. The van der Waals surface area contributed by atoms with Gasteiger partial charge in [0, 0.05) is 25.0 Å². The number of nitrogens with zero attached hydrogens (tertiary/aromatic N) is 1. The number of para-hydroxylation sites is 1. The number of hydrogen-bond acceptors (Lipinski definition) is 3. The summed E-state index contributed by atoms with van der Waals surface area (Å²) in [5, 5.41) is 12.5. The van der Waals surface area contributed by atoms with Gasteiger partial charge in [0.25, 0.3) is 11.5 Å². The normalized spacial score (nSPS) is 11.4. The zero-order chi connectivity index (χ0) is 17.2. The molecule has 0 aliphatic carbocycles. The summed E-state index contributed by atoms with van der Waals surface area (Å²) in [7, 11) is 1.65. The number of nitrogens with one attached hydrogen (secondary N) is 1. The molecule has 0 aliphatic heterocycles. The van der Waals surface area contributed by atoms with Gasteiger partial charge in [-0.25, -0.2) is 0 Å². The number of pyridine rings is 1. The van der Waals surface area contributed by atoms with Crippen molar-refractivity contribution in [2.45, 2.75) is 20.3 Å². The van der Waals surface area contributed by atoms with Crippen LogP contribution >= 0.6 is 0 Å². The third kappa shape index (κ3) is 3.41. The molecule has 2 rings (SSSR count). The van der Waals surface area contributed by atoms with Crippen LogP contribution in [0, 0.1) is 5.41 Å². The average molecular weight is 316 g/mol. The van der Waals surface area contributed by atoms with Gasteiger partial charge >= 0.3 is 5.97 Å². The predicted molar refractivity (Wildman–Crippen MR) is 87.6 cm³/mol. The van der Waals surface area contributed by atoms with Gasteiger partial charge in [0.05, 0.1) is 16.5 Å². The maximum Gasteiger partial charge on any atom is 0.309 e. The Bertz CT molecular complexity index is 821. The van der Waals surface area contributed by atoms with Crippen LogP contribution in [0.1, 0.15) is 30.6 Å². The molecular weight excluding hydrogens is 296 g/mol. The maximum atomic E-state index is 12.4. The third-order valence-electron chi connectivity index (χ3n) is 4.01. The highest BCUT2D eigenvalue weighted by atomic mass is 16.4. The van der Waals surface area contributed by atoms with E-state index in [9.17, 15) is 14.4 Å². The number of hydrogen-bond donors (Lipinski definition) is 2. The quantitative estimate of drug-likeness (QED) is 0.880. The highest BCUT2D eigenvalue weighted by Crippen LogP contribution is 2.20. The number of benzene rings is 1. The summed E-state index contributed by atoms with van der Waals surface area (Å²) in [6, 6.07) is 8.47. The zero-order valence-electron chi connectivity index (χ0n) is 13.4. The van der Waals surface area contributed by atoms with Crippen molar-refractivity contribution in [2.75, 3.05) is 6.54 Å². The second-order valence-electron chi connectivity index (χ2n) is 6.17. The van der Waals surface area contributed by atoms with Crippen molar-refractivity contribution in [3.05, 3.63) is 46.2 Å². The second kappa shape index (κ2) is 6.24. The first-order chi connectivity index (χ1) is 10.7. The van der Waals surface area contributed by atoms with E-state index in [1.54, 1.807) is 45.2 Å². The Morgan fingerprint density at radius 2 is 1.91 bits per heavy atom. The molecule has 0 spiro atoms. The van der Waals surface area contributed by atoms with Crippen molar-refractivity contribution < 1.29 is 14.7 Å². The average Bonchev–Trinajstić information content (AvgIpc) is 2.50. The molecule has 2 aromatic rings. The lowest BCUT2D eigenvalue weighted by atomic mass is 9.89. The molecule has 6 nitrogen and oxygen atoms in total. The second-order valence-corrected chi connectivity index (χ2v) is 6.17. The summed E-state index contributed by atoms with van der Waals surface area (Å²) < 4.78 is 1.49. The molecule has 2 N–H and O–H groups in total. The van der Waals surface area contributed by atoms with Crippen LogP contribution < -0.4 is 10.9 Å². The van der Waals surface area contributed by atoms with Crippen LogP contribution in [0.25, 0.3) is 10.9 Å². The van der Waals surface area contributed by atoms with Gasteiger partial charge in [-0.3, -0.25) is 14.4 Å². The fourth-order valence-electron chi connectivity index (χ4n) is 2.29. The van der Waals surface area contributed by atoms with E-state index in [0.717, 1.165) is 0 Å². The summed E-state index contributed by atoms with van der Waals surface area (Å²) in [6.45, 7) is 3.44. The lowest BCUT2D eigenvalue weighted by Gasteiger charge is -2.19. The van der Waals surface area contributed by atoms with Crippen LogP contribution in [0.5, 0.6) is 0 Å². The molecule has 0 saturated heterocycles. The predicted octanol–water partition coefficient (Wildman–Crippen LogP) is 1.77. The summed E-state index contributed by atoms with van der Waals surface area (Å²) >= 11 is 0.